The first-order chi connectivity index (χ1) is 33.5. The van der Waals surface area contributed by atoms with Crippen LogP contribution in [0.2, 0.25) is 0 Å². The van der Waals surface area contributed by atoms with Gasteiger partial charge in [-0.15, -0.1) is 29.3 Å². The zero-order valence-corrected chi connectivity index (χ0v) is 41.6. The molecule has 0 aliphatic carbocycles. The van der Waals surface area contributed by atoms with E-state index < -0.39 is 0 Å². The first-order valence-electron chi connectivity index (χ1n) is 23.0. The van der Waals surface area contributed by atoms with E-state index in [9.17, 15) is 0 Å². The Labute approximate surface area is 413 Å². The van der Waals surface area contributed by atoms with Crippen LogP contribution in [0.1, 0.15) is 20.8 Å². The van der Waals surface area contributed by atoms with E-state index in [1.54, 1.807) is 18.2 Å². The van der Waals surface area contributed by atoms with Gasteiger partial charge in [-0.05, 0) is 132 Å². The molecular weight excluding hydrogens is 929 g/mol. The molecule has 0 amide bonds. The molecule has 0 bridgehead atoms. The summed E-state index contributed by atoms with van der Waals surface area (Å²) in [6.07, 6.45) is 5.03. The average Bonchev–Trinajstić information content (AvgIpc) is 4.14. The van der Waals surface area contributed by atoms with Gasteiger partial charge in [0.05, 0.1) is 22.1 Å². The monoisotopic (exact) mass is 976 g/mol. The van der Waals surface area contributed by atoms with Crippen LogP contribution >= 0.6 is 38.6 Å². The number of aromatic nitrogens is 2. The summed E-state index contributed by atoms with van der Waals surface area (Å²) in [5.74, 6) is 0. The van der Waals surface area contributed by atoms with Crippen LogP contribution < -0.4 is 0 Å². The van der Waals surface area contributed by atoms with Crippen LogP contribution in [-0.4, -0.2) is 9.13 Å². The summed E-state index contributed by atoms with van der Waals surface area (Å²) in [5.41, 5.74) is 11.9. The van der Waals surface area contributed by atoms with Crippen molar-refractivity contribution in [3.63, 3.8) is 0 Å². The average molecular weight is 978 g/mol. The molecule has 0 atom stereocenters. The van der Waals surface area contributed by atoms with Crippen molar-refractivity contribution in [1.29, 1.82) is 0 Å². The number of benzene rings is 9. The molecule has 0 aliphatic heterocycles. The maximum absolute atomic E-state index is 3.92. The van der Waals surface area contributed by atoms with Crippen LogP contribution in [0.15, 0.2) is 230 Å². The highest BCUT2D eigenvalue weighted by molar-refractivity contribution is 9.10. The Kier molecular flexibility index (Phi) is 12.5. The third kappa shape index (κ3) is 7.86. The molecule has 13 rings (SSSR count). The van der Waals surface area contributed by atoms with Gasteiger partial charge in [0, 0.05) is 77.7 Å². The summed E-state index contributed by atoms with van der Waals surface area (Å²) in [7, 11) is 0. The summed E-state index contributed by atoms with van der Waals surface area (Å²) in [4.78, 5) is 0. The first-order valence-corrected chi connectivity index (χ1v) is 25.4. The molecule has 0 saturated carbocycles. The highest BCUT2D eigenvalue weighted by Gasteiger charge is 2.18. The van der Waals surface area contributed by atoms with E-state index in [1.807, 2.05) is 43.4 Å². The molecule has 0 unspecified atom stereocenters. The Hall–Kier alpha value is -7.28. The van der Waals surface area contributed by atoms with Crippen LogP contribution in [-0.2, 0) is 0 Å². The molecule has 4 aromatic heterocycles. The molecule has 0 N–H and O–H groups in total. The predicted molar refractivity (Wildman–Crippen MR) is 307 cm³/mol. The minimum Gasteiger partial charge on any atom is -0.309 e. The van der Waals surface area contributed by atoms with Gasteiger partial charge in [0.1, 0.15) is 0 Å². The number of nitrogens with zero attached hydrogens (tertiary/aromatic N) is 2. The van der Waals surface area contributed by atoms with Gasteiger partial charge >= 0.3 is 0 Å². The van der Waals surface area contributed by atoms with Gasteiger partial charge < -0.3 is 9.13 Å². The molecule has 0 fully saturated rings. The second kappa shape index (κ2) is 19.1. The van der Waals surface area contributed by atoms with Crippen LogP contribution in [0, 0.1) is 0 Å². The maximum Gasteiger partial charge on any atom is 0.0541 e. The molecule has 68 heavy (non-hydrogen) atoms. The SMILES string of the molecule is Brc1cc(-c2ccc3c(c2)c2ccccc2n3-c2ccc3sc4ccccc4c3c2)cc(-c2ccc3c(c2)c2ccccc2n3-c2ccc3sc4ccccc4c3c2)c1.C=CC.C=CC=C.CC. The van der Waals surface area contributed by atoms with E-state index in [2.05, 4.69) is 233 Å². The zero-order chi connectivity index (χ0) is 46.9. The number of allylic oxidation sites excluding steroid dienone is 3. The minimum absolute atomic E-state index is 1.06. The summed E-state index contributed by atoms with van der Waals surface area (Å²) in [5, 5.41) is 10.3. The topological polar surface area (TPSA) is 9.86 Å². The van der Waals surface area contributed by atoms with E-state index in [0.29, 0.717) is 0 Å². The number of rotatable bonds is 5. The van der Waals surface area contributed by atoms with Crippen LogP contribution in [0.3, 0.4) is 0 Å². The second-order valence-electron chi connectivity index (χ2n) is 16.3. The van der Waals surface area contributed by atoms with E-state index in [1.165, 1.54) is 118 Å². The van der Waals surface area contributed by atoms with E-state index in [-0.39, 0.29) is 0 Å². The van der Waals surface area contributed by atoms with Crippen molar-refractivity contribution in [3.05, 3.63) is 230 Å². The molecule has 2 nitrogen and oxygen atoms in total. The summed E-state index contributed by atoms with van der Waals surface area (Å²) in [6.45, 7) is 16.0. The van der Waals surface area contributed by atoms with Gasteiger partial charge in [0.25, 0.3) is 0 Å². The van der Waals surface area contributed by atoms with Crippen molar-refractivity contribution in [2.45, 2.75) is 20.8 Å². The molecule has 5 heteroatoms. The second-order valence-corrected chi connectivity index (χ2v) is 19.4. The zero-order valence-electron chi connectivity index (χ0n) is 38.3. The molecule has 0 radical (unpaired) electrons. The Morgan fingerprint density at radius 2 is 0.735 bits per heavy atom. The number of para-hydroxylation sites is 2. The van der Waals surface area contributed by atoms with Gasteiger partial charge in [0.15, 0.2) is 0 Å². The van der Waals surface area contributed by atoms with Gasteiger partial charge in [-0.2, -0.15) is 0 Å². The smallest absolute Gasteiger partial charge is 0.0541 e. The van der Waals surface area contributed by atoms with Gasteiger partial charge in [-0.3, -0.25) is 0 Å². The molecular formula is C63H49BrN2S2. The molecule has 13 aromatic rings. The van der Waals surface area contributed by atoms with Crippen molar-refractivity contribution < 1.29 is 0 Å². The van der Waals surface area contributed by atoms with Crippen molar-refractivity contribution >= 4 is 123 Å². The molecule has 0 aliphatic rings. The third-order valence-electron chi connectivity index (χ3n) is 12.3. The Bertz CT molecular complexity index is 3790. The summed E-state index contributed by atoms with van der Waals surface area (Å²) >= 11 is 7.64. The normalized spacial score (nSPS) is 11.1. The van der Waals surface area contributed by atoms with Gasteiger partial charge in [0.2, 0.25) is 0 Å². The maximum atomic E-state index is 3.92. The highest BCUT2D eigenvalue weighted by Crippen LogP contribution is 2.42. The van der Waals surface area contributed by atoms with Gasteiger partial charge in [-0.1, -0.05) is 146 Å². The standard InChI is InChI=1S/C54H31BrN2S2.C4H6.C3H6.C2H6/c55-36-26-34(32-17-21-49-43(28-32)39-9-1-5-13-47(39)56(49)37-19-23-53-45(30-37)41-11-3-7-15-51(41)58-53)25-35(27-36)33-18-22-50-44(29-33)40-10-2-6-14-48(40)57(50)38-20-24-54-46(31-38)42-12-4-8-16-52(42)59-54;1-3-4-2;1-3-2;1-2/h1-31H;3-4H,1-2H2;3H,1H2,2H3;1-2H3. The molecule has 0 saturated heterocycles. The largest absolute Gasteiger partial charge is 0.309 e. The fourth-order valence-electron chi connectivity index (χ4n) is 9.49. The number of hydrogen-bond donors (Lipinski definition) is 0. The quantitative estimate of drug-likeness (QED) is 0.120. The third-order valence-corrected chi connectivity index (χ3v) is 15.1. The van der Waals surface area contributed by atoms with E-state index in [0.717, 1.165) is 4.47 Å². The van der Waals surface area contributed by atoms with E-state index >= 15 is 0 Å². The first kappa shape index (κ1) is 44.6. The molecule has 0 spiro atoms. The lowest BCUT2D eigenvalue weighted by molar-refractivity contribution is 1.19. The van der Waals surface area contributed by atoms with E-state index in [4.69, 9.17) is 0 Å². The summed E-state index contributed by atoms with van der Waals surface area (Å²) < 4.78 is 11.2. The lowest BCUT2D eigenvalue weighted by Crippen LogP contribution is -1.93. The fourth-order valence-corrected chi connectivity index (χ4v) is 12.2. The Morgan fingerprint density at radius 1 is 0.368 bits per heavy atom. The lowest BCUT2D eigenvalue weighted by Gasteiger charge is -2.11. The fraction of sp³-hybridized carbons (Fsp3) is 0.0476. The van der Waals surface area contributed by atoms with Crippen LogP contribution in [0.4, 0.5) is 0 Å². The molecule has 4 heterocycles. The predicted octanol–water partition coefficient (Wildman–Crippen LogP) is 20.3. The van der Waals surface area contributed by atoms with Crippen molar-refractivity contribution in [2.75, 3.05) is 0 Å². The minimum atomic E-state index is 1.06. The van der Waals surface area contributed by atoms with Crippen molar-refractivity contribution in [2.24, 2.45) is 0 Å². The highest BCUT2D eigenvalue weighted by atomic mass is 79.9. The van der Waals surface area contributed by atoms with Crippen molar-refractivity contribution in [3.8, 4) is 33.6 Å². The number of fused-ring (bicyclic) bond motifs is 12. The molecule has 330 valence electrons. The van der Waals surface area contributed by atoms with Gasteiger partial charge in [-0.25, -0.2) is 0 Å². The lowest BCUT2D eigenvalue weighted by atomic mass is 9.97. The number of thiophene rings is 2. The van der Waals surface area contributed by atoms with Crippen molar-refractivity contribution in [1.82, 2.24) is 9.13 Å². The number of hydrogen-bond acceptors (Lipinski definition) is 2. The van der Waals surface area contributed by atoms with Crippen LogP contribution in [0.25, 0.3) is 118 Å². The summed E-state index contributed by atoms with van der Waals surface area (Å²) in [6, 6.07) is 69.7. The Morgan fingerprint density at radius 3 is 1.16 bits per heavy atom. The van der Waals surface area contributed by atoms with Crippen LogP contribution in [0.5, 0.6) is 0 Å². The number of halogens is 1. The Balaban J connectivity index is 0.000000559. The molecule has 9 aromatic carbocycles.